The standard InChI is InChI=1S/C34H35N3O3/c1-22-18-26(39-3)14-15-27(22)33-28-19-32(25-12-8-5-9-13-25)40-21-30(28)29-20-37(17-16-31(29)36-33)34(38)35-23(2)24-10-6-4-7-11-24/h4-15,18,23,32H,16-17,19-21H2,1-3H3,(H,35,38)/t23-,32+/m0/s1. The average molecular weight is 534 g/mol. The quantitative estimate of drug-likeness (QED) is 0.310. The molecule has 0 aliphatic carbocycles. The molecule has 40 heavy (non-hydrogen) atoms. The third kappa shape index (κ3) is 5.07. The molecule has 204 valence electrons. The van der Waals surface area contributed by atoms with E-state index in [1.165, 1.54) is 16.7 Å². The minimum absolute atomic E-state index is 0.0411. The number of nitrogens with one attached hydrogen (secondary N) is 1. The van der Waals surface area contributed by atoms with E-state index >= 15 is 0 Å². The number of hydrogen-bond acceptors (Lipinski definition) is 4. The van der Waals surface area contributed by atoms with Crippen molar-refractivity contribution < 1.29 is 14.3 Å². The lowest BCUT2D eigenvalue weighted by atomic mass is 9.86. The van der Waals surface area contributed by atoms with Crippen molar-refractivity contribution in [2.24, 2.45) is 0 Å². The monoisotopic (exact) mass is 533 g/mol. The number of carbonyl (C=O) groups excluding carboxylic acids is 1. The van der Waals surface area contributed by atoms with E-state index in [1.807, 2.05) is 54.3 Å². The lowest BCUT2D eigenvalue weighted by Crippen LogP contribution is -2.44. The fraction of sp³-hybridized carbons (Fsp3) is 0.294. The summed E-state index contributed by atoms with van der Waals surface area (Å²) in [6, 6.07) is 26.5. The zero-order chi connectivity index (χ0) is 27.6. The summed E-state index contributed by atoms with van der Waals surface area (Å²) in [5, 5.41) is 3.18. The minimum Gasteiger partial charge on any atom is -0.497 e. The molecule has 6 heteroatoms. The Bertz CT molecular complexity index is 1520. The molecule has 0 unspecified atom stereocenters. The van der Waals surface area contributed by atoms with E-state index < -0.39 is 0 Å². The summed E-state index contributed by atoms with van der Waals surface area (Å²) >= 11 is 0. The van der Waals surface area contributed by atoms with Gasteiger partial charge in [0.05, 0.1) is 31.6 Å². The van der Waals surface area contributed by atoms with Gasteiger partial charge < -0.3 is 19.7 Å². The van der Waals surface area contributed by atoms with Gasteiger partial charge in [0.1, 0.15) is 5.75 Å². The molecular formula is C34H35N3O3. The summed E-state index contributed by atoms with van der Waals surface area (Å²) in [5.41, 5.74) is 10.1. The first-order valence-corrected chi connectivity index (χ1v) is 14.0. The number of fused-ring (bicyclic) bond motifs is 3. The molecule has 2 amide bonds. The number of hydrogen-bond donors (Lipinski definition) is 1. The molecule has 0 fully saturated rings. The molecular weight excluding hydrogens is 498 g/mol. The van der Waals surface area contributed by atoms with Crippen molar-refractivity contribution in [1.82, 2.24) is 15.2 Å². The van der Waals surface area contributed by atoms with Crippen LogP contribution in [0.1, 0.15) is 58.1 Å². The summed E-state index contributed by atoms with van der Waals surface area (Å²) in [4.78, 5) is 20.5. The van der Waals surface area contributed by atoms with Crippen molar-refractivity contribution >= 4 is 6.03 Å². The molecule has 4 aromatic rings. The topological polar surface area (TPSA) is 63.7 Å². The van der Waals surface area contributed by atoms with Gasteiger partial charge in [-0.1, -0.05) is 60.7 Å². The number of benzene rings is 3. The number of carbonyl (C=O) groups is 1. The summed E-state index contributed by atoms with van der Waals surface area (Å²) in [6.07, 6.45) is 1.40. The Morgan fingerprint density at radius 3 is 2.50 bits per heavy atom. The predicted octanol–water partition coefficient (Wildman–Crippen LogP) is 6.71. The number of aryl methyl sites for hydroxylation is 1. The number of ether oxygens (including phenoxy) is 2. The van der Waals surface area contributed by atoms with E-state index in [2.05, 4.69) is 48.6 Å². The van der Waals surface area contributed by atoms with Gasteiger partial charge in [0.25, 0.3) is 0 Å². The summed E-state index contributed by atoms with van der Waals surface area (Å²) < 4.78 is 11.9. The van der Waals surface area contributed by atoms with Crippen LogP contribution in [0.25, 0.3) is 11.3 Å². The predicted molar refractivity (Wildman–Crippen MR) is 156 cm³/mol. The summed E-state index contributed by atoms with van der Waals surface area (Å²) in [5.74, 6) is 0.838. The molecule has 0 spiro atoms. The SMILES string of the molecule is COc1ccc(-c2nc3c(c4c2C[C@H](c2ccccc2)OC4)CN(C(=O)N[C@@H](C)c2ccccc2)CC3)c(C)c1. The van der Waals surface area contributed by atoms with Crippen LogP contribution in [0.5, 0.6) is 5.75 Å². The highest BCUT2D eigenvalue weighted by molar-refractivity contribution is 5.76. The van der Waals surface area contributed by atoms with Gasteiger partial charge in [-0.3, -0.25) is 4.98 Å². The number of urea groups is 1. The van der Waals surface area contributed by atoms with Crippen LogP contribution >= 0.6 is 0 Å². The van der Waals surface area contributed by atoms with E-state index in [0.29, 0.717) is 26.1 Å². The molecule has 2 aliphatic rings. The highest BCUT2D eigenvalue weighted by Crippen LogP contribution is 2.40. The van der Waals surface area contributed by atoms with Gasteiger partial charge in [0, 0.05) is 37.2 Å². The van der Waals surface area contributed by atoms with E-state index in [0.717, 1.165) is 45.8 Å². The maximum absolute atomic E-state index is 13.3. The summed E-state index contributed by atoms with van der Waals surface area (Å²) in [6.45, 7) is 5.78. The Hall–Kier alpha value is -4.16. The normalized spacial score (nSPS) is 17.0. The Labute approximate surface area is 236 Å². The smallest absolute Gasteiger partial charge is 0.318 e. The average Bonchev–Trinajstić information content (AvgIpc) is 3.01. The molecule has 2 aliphatic heterocycles. The maximum Gasteiger partial charge on any atom is 0.318 e. The molecule has 6 rings (SSSR count). The van der Waals surface area contributed by atoms with Gasteiger partial charge in [-0.25, -0.2) is 4.79 Å². The van der Waals surface area contributed by atoms with E-state index in [1.54, 1.807) is 7.11 Å². The van der Waals surface area contributed by atoms with Gasteiger partial charge >= 0.3 is 6.03 Å². The molecule has 1 N–H and O–H groups in total. The number of rotatable bonds is 5. The Kier molecular flexibility index (Phi) is 7.27. The molecule has 0 bridgehead atoms. The van der Waals surface area contributed by atoms with Crippen LogP contribution in [0, 0.1) is 6.92 Å². The fourth-order valence-electron chi connectivity index (χ4n) is 5.90. The minimum atomic E-state index is -0.0717. The highest BCUT2D eigenvalue weighted by Gasteiger charge is 2.32. The Balaban J connectivity index is 1.35. The molecule has 6 nitrogen and oxygen atoms in total. The Morgan fingerprint density at radius 1 is 1.02 bits per heavy atom. The number of amides is 2. The second kappa shape index (κ2) is 11.1. The zero-order valence-corrected chi connectivity index (χ0v) is 23.3. The van der Waals surface area contributed by atoms with Crippen molar-refractivity contribution in [1.29, 1.82) is 0 Å². The Morgan fingerprint density at radius 2 is 1.77 bits per heavy atom. The van der Waals surface area contributed by atoms with E-state index in [9.17, 15) is 4.79 Å². The first-order valence-electron chi connectivity index (χ1n) is 14.0. The van der Waals surface area contributed by atoms with Crippen molar-refractivity contribution in [3.63, 3.8) is 0 Å². The van der Waals surface area contributed by atoms with Crippen molar-refractivity contribution in [3.05, 3.63) is 118 Å². The van der Waals surface area contributed by atoms with Crippen LogP contribution < -0.4 is 10.1 Å². The number of nitrogens with zero attached hydrogens (tertiary/aromatic N) is 2. The van der Waals surface area contributed by atoms with Crippen LogP contribution in [-0.2, 0) is 30.7 Å². The molecule has 1 aromatic heterocycles. The first kappa shape index (κ1) is 26.1. The van der Waals surface area contributed by atoms with Gasteiger partial charge in [-0.05, 0) is 65.4 Å². The van der Waals surface area contributed by atoms with Crippen LogP contribution in [0.2, 0.25) is 0 Å². The van der Waals surface area contributed by atoms with Gasteiger partial charge in [0.15, 0.2) is 0 Å². The van der Waals surface area contributed by atoms with E-state index in [-0.39, 0.29) is 18.2 Å². The summed E-state index contributed by atoms with van der Waals surface area (Å²) in [7, 11) is 1.69. The van der Waals surface area contributed by atoms with Crippen LogP contribution in [0.4, 0.5) is 4.79 Å². The van der Waals surface area contributed by atoms with E-state index in [4.69, 9.17) is 14.5 Å². The van der Waals surface area contributed by atoms with Crippen molar-refractivity contribution in [2.75, 3.05) is 13.7 Å². The van der Waals surface area contributed by atoms with Gasteiger partial charge in [-0.15, -0.1) is 0 Å². The van der Waals surface area contributed by atoms with Gasteiger partial charge in [-0.2, -0.15) is 0 Å². The third-order valence-electron chi connectivity index (χ3n) is 8.18. The van der Waals surface area contributed by atoms with Crippen LogP contribution in [0.15, 0.2) is 78.9 Å². The zero-order valence-electron chi connectivity index (χ0n) is 23.3. The fourth-order valence-corrected chi connectivity index (χ4v) is 5.90. The molecule has 3 heterocycles. The molecule has 2 atom stereocenters. The number of methoxy groups -OCH3 is 1. The number of aromatic nitrogens is 1. The second-order valence-electron chi connectivity index (χ2n) is 10.7. The second-order valence-corrected chi connectivity index (χ2v) is 10.7. The largest absolute Gasteiger partial charge is 0.497 e. The lowest BCUT2D eigenvalue weighted by molar-refractivity contribution is 0.0263. The highest BCUT2D eigenvalue weighted by atomic mass is 16.5. The molecule has 3 aromatic carbocycles. The van der Waals surface area contributed by atoms with Crippen molar-refractivity contribution in [2.45, 2.75) is 52.0 Å². The third-order valence-corrected chi connectivity index (χ3v) is 8.18. The molecule has 0 radical (unpaired) electrons. The van der Waals surface area contributed by atoms with Crippen LogP contribution in [0.3, 0.4) is 0 Å². The molecule has 0 saturated heterocycles. The van der Waals surface area contributed by atoms with Gasteiger partial charge in [0.2, 0.25) is 0 Å². The first-order chi connectivity index (χ1) is 19.5. The van der Waals surface area contributed by atoms with Crippen LogP contribution in [-0.4, -0.2) is 29.6 Å². The maximum atomic E-state index is 13.3. The number of pyridine rings is 1. The lowest BCUT2D eigenvalue weighted by Gasteiger charge is -2.35. The van der Waals surface area contributed by atoms with Crippen molar-refractivity contribution in [3.8, 4) is 17.0 Å². The molecule has 0 saturated carbocycles.